The van der Waals surface area contributed by atoms with Gasteiger partial charge in [0, 0.05) is 24.5 Å². The van der Waals surface area contributed by atoms with E-state index >= 15 is 0 Å². The second-order valence-corrected chi connectivity index (χ2v) is 3.69. The summed E-state index contributed by atoms with van der Waals surface area (Å²) in [6, 6.07) is 4.37. The first-order chi connectivity index (χ1) is 8.06. The summed E-state index contributed by atoms with van der Waals surface area (Å²) >= 11 is 0. The van der Waals surface area contributed by atoms with Gasteiger partial charge in [0.1, 0.15) is 17.1 Å². The maximum atomic E-state index is 10.9. The summed E-state index contributed by atoms with van der Waals surface area (Å²) in [6.45, 7) is 2.01. The van der Waals surface area contributed by atoms with E-state index in [1.165, 1.54) is 18.2 Å². The summed E-state index contributed by atoms with van der Waals surface area (Å²) in [4.78, 5) is 21.7. The van der Waals surface area contributed by atoms with Crippen LogP contribution in [0.4, 0.5) is 0 Å². The highest BCUT2D eigenvalue weighted by atomic mass is 16.4. The number of nitrogens with zero attached hydrogens (tertiary/aromatic N) is 1. The number of carbonyl (C=O) groups is 1. The molecule has 2 aromatic heterocycles. The Kier molecular flexibility index (Phi) is 2.82. The number of carboxylic acid groups (broad SMARTS) is 1. The highest BCUT2D eigenvalue weighted by molar-refractivity contribution is 5.88. The van der Waals surface area contributed by atoms with Gasteiger partial charge in [-0.15, -0.1) is 0 Å². The number of rotatable bonds is 3. The Labute approximate surface area is 96.9 Å². The van der Waals surface area contributed by atoms with Gasteiger partial charge in [0.25, 0.3) is 0 Å². The first kappa shape index (κ1) is 11.2. The van der Waals surface area contributed by atoms with Crippen molar-refractivity contribution in [3.8, 4) is 0 Å². The number of aryl methyl sites for hydroxylation is 1. The fourth-order valence-corrected chi connectivity index (χ4v) is 1.56. The highest BCUT2D eigenvalue weighted by Crippen LogP contribution is 2.15. The quantitative estimate of drug-likeness (QED) is 0.871. The van der Waals surface area contributed by atoms with Gasteiger partial charge in [-0.2, -0.15) is 0 Å². The minimum Gasteiger partial charge on any atom is -0.478 e. The molecule has 0 atom stereocenters. The van der Waals surface area contributed by atoms with Crippen LogP contribution < -0.4 is 5.43 Å². The third-order valence-electron chi connectivity index (χ3n) is 2.40. The van der Waals surface area contributed by atoms with Crippen LogP contribution in [-0.2, 0) is 6.54 Å². The predicted molar refractivity (Wildman–Crippen MR) is 60.2 cm³/mol. The fourth-order valence-electron chi connectivity index (χ4n) is 1.56. The molecule has 2 rings (SSSR count). The molecule has 0 radical (unpaired) electrons. The maximum Gasteiger partial charge on any atom is 0.339 e. The molecule has 0 aliphatic carbocycles. The molecule has 2 aromatic rings. The molecule has 5 heteroatoms. The smallest absolute Gasteiger partial charge is 0.339 e. The number of aromatic nitrogens is 1. The van der Waals surface area contributed by atoms with Crippen LogP contribution >= 0.6 is 0 Å². The Bertz CT molecular complexity index is 589. The Hall–Kier alpha value is -2.30. The van der Waals surface area contributed by atoms with Gasteiger partial charge in [0.15, 0.2) is 5.43 Å². The number of hydrogen-bond acceptors (Lipinski definition) is 3. The molecular weight excluding hydrogens is 222 g/mol. The lowest BCUT2D eigenvalue weighted by molar-refractivity contribution is 0.0695. The van der Waals surface area contributed by atoms with Crippen molar-refractivity contribution >= 4 is 5.97 Å². The van der Waals surface area contributed by atoms with Gasteiger partial charge in [0.05, 0.1) is 6.54 Å². The van der Waals surface area contributed by atoms with Gasteiger partial charge in [-0.25, -0.2) is 4.79 Å². The van der Waals surface area contributed by atoms with E-state index in [1.54, 1.807) is 23.9 Å². The first-order valence-corrected chi connectivity index (χ1v) is 5.05. The molecule has 5 nitrogen and oxygen atoms in total. The molecule has 0 unspecified atom stereocenters. The maximum absolute atomic E-state index is 10.9. The van der Waals surface area contributed by atoms with Gasteiger partial charge < -0.3 is 14.1 Å². The van der Waals surface area contributed by atoms with Crippen molar-refractivity contribution in [3.05, 3.63) is 57.9 Å². The fraction of sp³-hybridized carbons (Fsp3) is 0.167. The number of furan rings is 1. The first-order valence-electron chi connectivity index (χ1n) is 5.05. The number of pyridine rings is 1. The monoisotopic (exact) mass is 233 g/mol. The van der Waals surface area contributed by atoms with Gasteiger partial charge in [-0.3, -0.25) is 4.79 Å². The van der Waals surface area contributed by atoms with E-state index in [1.807, 2.05) is 0 Å². The molecule has 0 amide bonds. The summed E-state index contributed by atoms with van der Waals surface area (Å²) in [5.74, 6) is -0.0745. The van der Waals surface area contributed by atoms with E-state index in [4.69, 9.17) is 9.52 Å². The van der Waals surface area contributed by atoms with Gasteiger partial charge in [-0.05, 0) is 13.0 Å². The summed E-state index contributed by atoms with van der Waals surface area (Å²) in [5, 5.41) is 8.87. The average Bonchev–Trinajstić information content (AvgIpc) is 2.63. The second-order valence-electron chi connectivity index (χ2n) is 3.69. The van der Waals surface area contributed by atoms with Crippen LogP contribution in [0.15, 0.2) is 39.8 Å². The van der Waals surface area contributed by atoms with Gasteiger partial charge in [-0.1, -0.05) is 0 Å². The molecule has 0 aliphatic heterocycles. The second kappa shape index (κ2) is 4.29. The Morgan fingerprint density at radius 3 is 2.59 bits per heavy atom. The van der Waals surface area contributed by atoms with Crippen LogP contribution in [-0.4, -0.2) is 15.6 Å². The zero-order chi connectivity index (χ0) is 12.4. The normalized spacial score (nSPS) is 10.4. The van der Waals surface area contributed by atoms with Crippen molar-refractivity contribution in [2.24, 2.45) is 0 Å². The average molecular weight is 233 g/mol. The molecule has 1 N–H and O–H groups in total. The predicted octanol–water partition coefficient (Wildman–Crippen LogP) is 1.50. The highest BCUT2D eigenvalue weighted by Gasteiger charge is 2.13. The molecule has 0 saturated heterocycles. The zero-order valence-electron chi connectivity index (χ0n) is 9.21. The molecule has 88 valence electrons. The van der Waals surface area contributed by atoms with Crippen molar-refractivity contribution in [2.45, 2.75) is 13.5 Å². The van der Waals surface area contributed by atoms with E-state index in [2.05, 4.69) is 0 Å². The van der Waals surface area contributed by atoms with E-state index in [0.717, 1.165) is 0 Å². The molecule has 0 aliphatic rings. The van der Waals surface area contributed by atoms with Gasteiger partial charge in [0.2, 0.25) is 0 Å². The lowest BCUT2D eigenvalue weighted by Gasteiger charge is -2.01. The molecule has 0 saturated carbocycles. The van der Waals surface area contributed by atoms with Crippen molar-refractivity contribution in [1.29, 1.82) is 0 Å². The third-order valence-corrected chi connectivity index (χ3v) is 2.40. The topological polar surface area (TPSA) is 72.4 Å². The molecule has 0 spiro atoms. The number of carboxylic acids is 1. The summed E-state index contributed by atoms with van der Waals surface area (Å²) in [6.07, 6.45) is 3.25. The zero-order valence-corrected chi connectivity index (χ0v) is 9.21. The number of hydrogen-bond donors (Lipinski definition) is 1. The lowest BCUT2D eigenvalue weighted by atomic mass is 10.2. The Morgan fingerprint density at radius 1 is 1.41 bits per heavy atom. The SMILES string of the molecule is Cc1oc(Cn2ccc(=O)cc2)cc1C(=O)O. The molecule has 0 fully saturated rings. The van der Waals surface area contributed by atoms with Crippen molar-refractivity contribution in [2.75, 3.05) is 0 Å². The Balaban J connectivity index is 2.24. The summed E-state index contributed by atoms with van der Waals surface area (Å²) in [7, 11) is 0. The van der Waals surface area contributed by atoms with Crippen molar-refractivity contribution in [3.63, 3.8) is 0 Å². The van der Waals surface area contributed by atoms with Crippen LogP contribution in [0.3, 0.4) is 0 Å². The minimum atomic E-state index is -1.00. The number of aromatic carboxylic acids is 1. The van der Waals surface area contributed by atoms with E-state index in [9.17, 15) is 9.59 Å². The molecule has 0 bridgehead atoms. The molecule has 2 heterocycles. The third kappa shape index (κ3) is 2.44. The minimum absolute atomic E-state index is 0.0666. The van der Waals surface area contributed by atoms with E-state index in [-0.39, 0.29) is 11.0 Å². The van der Waals surface area contributed by atoms with Crippen LogP contribution in [0.2, 0.25) is 0 Å². The standard InChI is InChI=1S/C12H11NO4/c1-8-11(12(15)16)6-10(17-8)7-13-4-2-9(14)3-5-13/h2-6H,7H2,1H3,(H,15,16). The molecule has 17 heavy (non-hydrogen) atoms. The Morgan fingerprint density at radius 2 is 2.06 bits per heavy atom. The van der Waals surface area contributed by atoms with E-state index in [0.29, 0.717) is 18.1 Å². The van der Waals surface area contributed by atoms with Crippen LogP contribution in [0, 0.1) is 6.92 Å². The molecular formula is C12H11NO4. The molecule has 0 aromatic carbocycles. The lowest BCUT2D eigenvalue weighted by Crippen LogP contribution is -2.04. The van der Waals surface area contributed by atoms with Crippen molar-refractivity contribution < 1.29 is 14.3 Å². The largest absolute Gasteiger partial charge is 0.478 e. The summed E-state index contributed by atoms with van der Waals surface area (Å²) in [5.41, 5.74) is 0.101. The van der Waals surface area contributed by atoms with Gasteiger partial charge >= 0.3 is 5.97 Å². The van der Waals surface area contributed by atoms with Crippen molar-refractivity contribution in [1.82, 2.24) is 4.57 Å². The van der Waals surface area contributed by atoms with Crippen LogP contribution in [0.1, 0.15) is 21.9 Å². The van der Waals surface area contributed by atoms with Crippen LogP contribution in [0.25, 0.3) is 0 Å². The summed E-state index contributed by atoms with van der Waals surface area (Å²) < 4.78 is 7.07. The van der Waals surface area contributed by atoms with Crippen LogP contribution in [0.5, 0.6) is 0 Å². The van der Waals surface area contributed by atoms with E-state index < -0.39 is 5.97 Å².